The molecule has 2 saturated carbocycles. The minimum absolute atomic E-state index is 0.0378. The second kappa shape index (κ2) is 19.2. The lowest BCUT2D eigenvalue weighted by atomic mass is 9.83. The highest BCUT2D eigenvalue weighted by Crippen LogP contribution is 2.63. The number of rotatable bonds is 27. The van der Waals surface area contributed by atoms with Crippen LogP contribution in [0.3, 0.4) is 0 Å². The van der Waals surface area contributed by atoms with Gasteiger partial charge in [-0.15, -0.1) is 0 Å². The quantitative estimate of drug-likeness (QED) is 0.0655. The van der Waals surface area contributed by atoms with Gasteiger partial charge in [-0.3, -0.25) is 19.2 Å². The van der Waals surface area contributed by atoms with Crippen LogP contribution in [0.25, 0.3) is 0 Å². The first-order chi connectivity index (χ1) is 26.3. The molecule has 4 rings (SSSR count). The molecular weight excluding hydrogens is 705 g/mol. The number of carboxylic acids is 4. The summed E-state index contributed by atoms with van der Waals surface area (Å²) >= 11 is 0. The molecule has 2 fully saturated rings. The number of aryl methyl sites for hydroxylation is 5. The van der Waals surface area contributed by atoms with E-state index in [2.05, 4.69) is 44.2 Å². The Bertz CT molecular complexity index is 1700. The summed E-state index contributed by atoms with van der Waals surface area (Å²) in [6, 6.07) is 11.1. The molecule has 0 radical (unpaired) electrons. The molecule has 0 aromatic heterocycles. The van der Waals surface area contributed by atoms with E-state index in [1.807, 2.05) is 0 Å². The maximum atomic E-state index is 13.0. The third-order valence-electron chi connectivity index (χ3n) is 13.4. The summed E-state index contributed by atoms with van der Waals surface area (Å²) in [6.45, 7) is 11.3. The van der Waals surface area contributed by atoms with E-state index in [0.717, 1.165) is 115 Å². The van der Waals surface area contributed by atoms with E-state index in [0.29, 0.717) is 25.7 Å². The van der Waals surface area contributed by atoms with Crippen molar-refractivity contribution in [2.45, 2.75) is 182 Å². The molecule has 0 amide bonds. The molecule has 2 aliphatic rings. The van der Waals surface area contributed by atoms with E-state index in [-0.39, 0.29) is 5.92 Å². The molecule has 2 aliphatic carbocycles. The number of carbonyl (C=O) groups is 4. The molecule has 0 aliphatic heterocycles. The van der Waals surface area contributed by atoms with Crippen LogP contribution in [0.5, 0.6) is 0 Å². The van der Waals surface area contributed by atoms with Gasteiger partial charge < -0.3 is 20.4 Å². The Labute approximate surface area is 335 Å². The van der Waals surface area contributed by atoms with Crippen LogP contribution in [0.1, 0.15) is 182 Å². The Morgan fingerprint density at radius 3 is 1.66 bits per heavy atom. The van der Waals surface area contributed by atoms with Crippen LogP contribution >= 0.6 is 0 Å². The predicted molar refractivity (Wildman–Crippen MR) is 221 cm³/mol. The summed E-state index contributed by atoms with van der Waals surface area (Å²) in [4.78, 5) is 47.9. The molecule has 56 heavy (non-hydrogen) atoms. The second-order valence-corrected chi connectivity index (χ2v) is 19.0. The number of hydrogen-bond acceptors (Lipinski definition) is 4. The van der Waals surface area contributed by atoms with Crippen LogP contribution in [0.15, 0.2) is 30.3 Å². The highest BCUT2D eigenvalue weighted by Gasteiger charge is 2.60. The highest BCUT2D eigenvalue weighted by molar-refractivity contribution is 5.81. The van der Waals surface area contributed by atoms with Crippen molar-refractivity contribution >= 4 is 23.9 Å². The lowest BCUT2D eigenvalue weighted by Gasteiger charge is -2.21. The Morgan fingerprint density at radius 2 is 1.11 bits per heavy atom. The van der Waals surface area contributed by atoms with E-state index in [9.17, 15) is 39.6 Å². The molecule has 8 nitrogen and oxygen atoms in total. The topological polar surface area (TPSA) is 149 Å². The average Bonchev–Trinajstić information content (AvgIpc) is 4.05. The van der Waals surface area contributed by atoms with E-state index in [4.69, 9.17) is 0 Å². The van der Waals surface area contributed by atoms with Gasteiger partial charge >= 0.3 is 23.9 Å². The van der Waals surface area contributed by atoms with Crippen molar-refractivity contribution in [3.8, 4) is 0 Å². The molecule has 0 heterocycles. The fourth-order valence-electron chi connectivity index (χ4n) is 8.90. The molecule has 0 saturated heterocycles. The highest BCUT2D eigenvalue weighted by atomic mass is 16.4. The smallest absolute Gasteiger partial charge is 0.310 e. The van der Waals surface area contributed by atoms with Crippen LogP contribution in [0.4, 0.5) is 0 Å². The van der Waals surface area contributed by atoms with Gasteiger partial charge in [0.2, 0.25) is 0 Å². The van der Waals surface area contributed by atoms with Gasteiger partial charge in [-0.2, -0.15) is 0 Å². The fraction of sp³-hybridized carbons (Fsp3) is 0.667. The Balaban J connectivity index is 1.39. The van der Waals surface area contributed by atoms with Crippen molar-refractivity contribution in [3.05, 3.63) is 69.3 Å². The number of hydrogen-bond donors (Lipinski definition) is 4. The zero-order chi connectivity index (χ0) is 41.3. The van der Waals surface area contributed by atoms with Crippen LogP contribution in [0, 0.1) is 35.5 Å². The van der Waals surface area contributed by atoms with Gasteiger partial charge in [0, 0.05) is 5.92 Å². The maximum Gasteiger partial charge on any atom is 0.310 e. The number of benzene rings is 2. The van der Waals surface area contributed by atoms with Crippen LogP contribution in [0.2, 0.25) is 0 Å². The molecule has 2 aromatic rings. The zero-order valence-electron chi connectivity index (χ0n) is 35.2. The Kier molecular flexibility index (Phi) is 15.4. The van der Waals surface area contributed by atoms with E-state index >= 15 is 0 Å². The van der Waals surface area contributed by atoms with Crippen LogP contribution in [-0.4, -0.2) is 44.3 Å². The predicted octanol–water partition coefficient (Wildman–Crippen LogP) is 11.3. The summed E-state index contributed by atoms with van der Waals surface area (Å²) in [7, 11) is 0. The van der Waals surface area contributed by atoms with Gasteiger partial charge in [0.25, 0.3) is 0 Å². The number of aliphatic carboxylic acids is 4. The summed E-state index contributed by atoms with van der Waals surface area (Å²) in [5.74, 6) is -2.95. The standard InChI is InChI=1S/C48H70O8/c1-33-21-22-35(36(29-33)18-11-15-23-45(3,4)41(49)50)17-9-8-14-26-48(44(55)56)32-40(48)39-31-34(2)30-37(19-10-7-13-25-47(27-28-47)43(53)54)38(39)20-12-16-24-46(5,6)42(51)52/h21-22,29-31,40H,7-20,23-28,32H2,1-6H3,(H,49,50)(H,51,52)(H,53,54)(H,55,56). The van der Waals surface area contributed by atoms with Gasteiger partial charge in [0.05, 0.1) is 21.7 Å². The minimum Gasteiger partial charge on any atom is -0.481 e. The lowest BCUT2D eigenvalue weighted by Crippen LogP contribution is -2.23. The Morgan fingerprint density at radius 1 is 0.589 bits per heavy atom. The SMILES string of the molecule is Cc1ccc(CCCCCC2(C(=O)O)CC2c2cc(C)cc(CCCCCC3(C(=O)O)CC3)c2CCCCC(C)(C)C(=O)O)c(CCCCC(C)(C)C(=O)O)c1. The summed E-state index contributed by atoms with van der Waals surface area (Å²) in [6.07, 6.45) is 17.4. The Hall–Kier alpha value is -3.68. The first kappa shape index (κ1) is 45.0. The van der Waals surface area contributed by atoms with Gasteiger partial charge in [0.1, 0.15) is 0 Å². The molecule has 2 aromatic carbocycles. The maximum absolute atomic E-state index is 13.0. The molecule has 8 heteroatoms. The third kappa shape index (κ3) is 11.9. The molecule has 310 valence electrons. The normalized spacial score (nSPS) is 18.8. The summed E-state index contributed by atoms with van der Waals surface area (Å²) < 4.78 is 0. The molecule has 0 spiro atoms. The van der Waals surface area contributed by atoms with Crippen molar-refractivity contribution in [1.29, 1.82) is 0 Å². The van der Waals surface area contributed by atoms with Gasteiger partial charge in [0.15, 0.2) is 0 Å². The number of unbranched alkanes of at least 4 members (excludes halogenated alkanes) is 6. The monoisotopic (exact) mass is 775 g/mol. The van der Waals surface area contributed by atoms with Crippen molar-refractivity contribution in [2.75, 3.05) is 0 Å². The molecular formula is C48H70O8. The lowest BCUT2D eigenvalue weighted by molar-refractivity contribution is -0.148. The summed E-state index contributed by atoms with van der Waals surface area (Å²) in [5.41, 5.74) is 5.96. The molecule has 0 bridgehead atoms. The second-order valence-electron chi connectivity index (χ2n) is 19.0. The van der Waals surface area contributed by atoms with E-state index < -0.39 is 45.5 Å². The molecule has 4 N–H and O–H groups in total. The van der Waals surface area contributed by atoms with Gasteiger partial charge in [-0.25, -0.2) is 0 Å². The zero-order valence-corrected chi connectivity index (χ0v) is 35.2. The van der Waals surface area contributed by atoms with E-state index in [1.165, 1.54) is 33.4 Å². The first-order valence-corrected chi connectivity index (χ1v) is 21.5. The van der Waals surface area contributed by atoms with Crippen molar-refractivity contribution in [2.24, 2.45) is 21.7 Å². The van der Waals surface area contributed by atoms with Crippen LogP contribution in [-0.2, 0) is 44.9 Å². The van der Waals surface area contributed by atoms with Gasteiger partial charge in [-0.05, 0) is 166 Å². The first-order valence-electron chi connectivity index (χ1n) is 21.5. The van der Waals surface area contributed by atoms with Crippen LogP contribution < -0.4 is 0 Å². The van der Waals surface area contributed by atoms with E-state index in [1.54, 1.807) is 27.7 Å². The van der Waals surface area contributed by atoms with Crippen molar-refractivity contribution < 1.29 is 39.6 Å². The fourth-order valence-corrected chi connectivity index (χ4v) is 8.90. The molecule has 2 unspecified atom stereocenters. The van der Waals surface area contributed by atoms with Gasteiger partial charge in [-0.1, -0.05) is 80.0 Å². The molecule has 2 atom stereocenters. The number of carboxylic acid groups (broad SMARTS) is 4. The summed E-state index contributed by atoms with van der Waals surface area (Å²) in [5, 5.41) is 39.4. The largest absolute Gasteiger partial charge is 0.481 e. The van der Waals surface area contributed by atoms with Crippen molar-refractivity contribution in [1.82, 2.24) is 0 Å². The third-order valence-corrected chi connectivity index (χ3v) is 13.4. The average molecular weight is 775 g/mol. The minimum atomic E-state index is -0.789. The van der Waals surface area contributed by atoms with Crippen molar-refractivity contribution in [3.63, 3.8) is 0 Å².